The van der Waals surface area contributed by atoms with Crippen LogP contribution in [-0.4, -0.2) is 31.2 Å². The third-order valence-corrected chi connectivity index (χ3v) is 4.72. The van der Waals surface area contributed by atoms with Crippen molar-refractivity contribution in [3.63, 3.8) is 0 Å². The minimum Gasteiger partial charge on any atom is -0.379 e. The van der Waals surface area contributed by atoms with E-state index in [9.17, 15) is 0 Å². The highest BCUT2D eigenvalue weighted by Crippen LogP contribution is 2.25. The average molecular weight is 295 g/mol. The first-order chi connectivity index (χ1) is 10.6. The SMILES string of the molecule is Cc1cc(-c2ccc(CN3CCOCC3)cc2)cc(C)c1C. The third-order valence-electron chi connectivity index (χ3n) is 4.72. The van der Waals surface area contributed by atoms with Crippen molar-refractivity contribution in [3.05, 3.63) is 58.7 Å². The van der Waals surface area contributed by atoms with Crippen molar-refractivity contribution >= 4 is 0 Å². The smallest absolute Gasteiger partial charge is 0.0594 e. The van der Waals surface area contributed by atoms with Gasteiger partial charge in [-0.2, -0.15) is 0 Å². The van der Waals surface area contributed by atoms with Crippen LogP contribution < -0.4 is 0 Å². The summed E-state index contributed by atoms with van der Waals surface area (Å²) in [6.07, 6.45) is 0. The minimum atomic E-state index is 0.861. The van der Waals surface area contributed by atoms with E-state index in [1.165, 1.54) is 33.4 Å². The van der Waals surface area contributed by atoms with Crippen molar-refractivity contribution in [2.45, 2.75) is 27.3 Å². The lowest BCUT2D eigenvalue weighted by molar-refractivity contribution is 0.0342. The van der Waals surface area contributed by atoms with Crippen molar-refractivity contribution in [2.24, 2.45) is 0 Å². The monoisotopic (exact) mass is 295 g/mol. The van der Waals surface area contributed by atoms with Gasteiger partial charge in [0.05, 0.1) is 13.2 Å². The highest BCUT2D eigenvalue weighted by atomic mass is 16.5. The summed E-state index contributed by atoms with van der Waals surface area (Å²) in [6, 6.07) is 13.6. The summed E-state index contributed by atoms with van der Waals surface area (Å²) >= 11 is 0. The van der Waals surface area contributed by atoms with Crippen LogP contribution in [0.15, 0.2) is 36.4 Å². The molecule has 0 aliphatic carbocycles. The molecule has 2 heteroatoms. The first-order valence-corrected chi connectivity index (χ1v) is 8.11. The Morgan fingerprint density at radius 1 is 0.864 bits per heavy atom. The van der Waals surface area contributed by atoms with Crippen molar-refractivity contribution in [1.29, 1.82) is 0 Å². The molecule has 1 fully saturated rings. The van der Waals surface area contributed by atoms with Crippen LogP contribution in [0.1, 0.15) is 22.3 Å². The number of hydrogen-bond acceptors (Lipinski definition) is 2. The summed E-state index contributed by atoms with van der Waals surface area (Å²) in [6.45, 7) is 11.4. The van der Waals surface area contributed by atoms with E-state index in [0.29, 0.717) is 0 Å². The maximum Gasteiger partial charge on any atom is 0.0594 e. The van der Waals surface area contributed by atoms with Gasteiger partial charge in [0.1, 0.15) is 0 Å². The Morgan fingerprint density at radius 3 is 2.05 bits per heavy atom. The molecule has 0 radical (unpaired) electrons. The number of ether oxygens (including phenoxy) is 1. The van der Waals surface area contributed by atoms with Crippen LogP contribution in [0.5, 0.6) is 0 Å². The van der Waals surface area contributed by atoms with Crippen molar-refractivity contribution < 1.29 is 4.74 Å². The van der Waals surface area contributed by atoms with Crippen LogP contribution >= 0.6 is 0 Å². The molecule has 0 saturated carbocycles. The molecule has 2 nitrogen and oxygen atoms in total. The van der Waals surface area contributed by atoms with E-state index in [1.807, 2.05) is 0 Å². The van der Waals surface area contributed by atoms with Gasteiger partial charge in [-0.25, -0.2) is 0 Å². The normalized spacial score (nSPS) is 16.0. The number of morpholine rings is 1. The fraction of sp³-hybridized carbons (Fsp3) is 0.400. The first kappa shape index (κ1) is 15.3. The lowest BCUT2D eigenvalue weighted by Crippen LogP contribution is -2.35. The molecule has 116 valence electrons. The largest absolute Gasteiger partial charge is 0.379 e. The van der Waals surface area contributed by atoms with Crippen LogP contribution in [0, 0.1) is 20.8 Å². The van der Waals surface area contributed by atoms with E-state index in [0.717, 1.165) is 32.8 Å². The molecule has 22 heavy (non-hydrogen) atoms. The molecule has 3 rings (SSSR count). The van der Waals surface area contributed by atoms with Gasteiger partial charge in [0.25, 0.3) is 0 Å². The Kier molecular flexibility index (Phi) is 4.60. The molecular formula is C20H25NO. The van der Waals surface area contributed by atoms with Crippen LogP contribution in [-0.2, 0) is 11.3 Å². The minimum absolute atomic E-state index is 0.861. The van der Waals surface area contributed by atoms with E-state index >= 15 is 0 Å². The van der Waals surface area contributed by atoms with Gasteiger partial charge in [-0.3, -0.25) is 4.90 Å². The first-order valence-electron chi connectivity index (χ1n) is 8.11. The third kappa shape index (κ3) is 3.40. The summed E-state index contributed by atoms with van der Waals surface area (Å²) in [4.78, 5) is 2.46. The molecule has 1 heterocycles. The molecule has 1 aliphatic rings. The van der Waals surface area contributed by atoms with E-state index in [2.05, 4.69) is 62.1 Å². The maximum atomic E-state index is 5.40. The lowest BCUT2D eigenvalue weighted by Gasteiger charge is -2.26. The second-order valence-electron chi connectivity index (χ2n) is 6.32. The summed E-state index contributed by atoms with van der Waals surface area (Å²) in [5.74, 6) is 0. The summed E-state index contributed by atoms with van der Waals surface area (Å²) in [5, 5.41) is 0. The summed E-state index contributed by atoms with van der Waals surface area (Å²) in [5.41, 5.74) is 8.13. The van der Waals surface area contributed by atoms with E-state index in [1.54, 1.807) is 0 Å². The number of aryl methyl sites for hydroxylation is 2. The number of hydrogen-bond donors (Lipinski definition) is 0. The zero-order valence-electron chi connectivity index (χ0n) is 13.9. The second-order valence-corrected chi connectivity index (χ2v) is 6.32. The summed E-state index contributed by atoms with van der Waals surface area (Å²) in [7, 11) is 0. The highest BCUT2D eigenvalue weighted by Gasteiger charge is 2.10. The average Bonchev–Trinajstić information content (AvgIpc) is 2.54. The molecule has 2 aromatic carbocycles. The molecule has 0 aromatic heterocycles. The van der Waals surface area contributed by atoms with Gasteiger partial charge in [-0.1, -0.05) is 36.4 Å². The molecule has 2 aromatic rings. The van der Waals surface area contributed by atoms with Crippen LogP contribution in [0.4, 0.5) is 0 Å². The number of rotatable bonds is 3. The number of benzene rings is 2. The Hall–Kier alpha value is -1.64. The topological polar surface area (TPSA) is 12.5 Å². The van der Waals surface area contributed by atoms with Gasteiger partial charge >= 0.3 is 0 Å². The maximum absolute atomic E-state index is 5.40. The van der Waals surface area contributed by atoms with E-state index in [-0.39, 0.29) is 0 Å². The van der Waals surface area contributed by atoms with Gasteiger partial charge in [-0.05, 0) is 54.2 Å². The molecule has 1 saturated heterocycles. The van der Waals surface area contributed by atoms with Crippen molar-refractivity contribution in [1.82, 2.24) is 4.90 Å². The Bertz CT molecular complexity index is 616. The predicted molar refractivity (Wildman–Crippen MR) is 92.2 cm³/mol. The molecule has 0 amide bonds. The second kappa shape index (κ2) is 6.64. The molecule has 0 N–H and O–H groups in total. The Morgan fingerprint density at radius 2 is 1.45 bits per heavy atom. The van der Waals surface area contributed by atoms with Gasteiger partial charge in [0.15, 0.2) is 0 Å². The van der Waals surface area contributed by atoms with Crippen molar-refractivity contribution in [3.8, 4) is 11.1 Å². The Balaban J connectivity index is 1.76. The van der Waals surface area contributed by atoms with Crippen LogP contribution in [0.3, 0.4) is 0 Å². The quantitative estimate of drug-likeness (QED) is 0.845. The van der Waals surface area contributed by atoms with Crippen LogP contribution in [0.2, 0.25) is 0 Å². The van der Waals surface area contributed by atoms with Gasteiger partial charge in [0.2, 0.25) is 0 Å². The van der Waals surface area contributed by atoms with E-state index < -0.39 is 0 Å². The standard InChI is InChI=1S/C20H25NO/c1-15-12-20(13-16(2)17(15)3)19-6-4-18(5-7-19)14-21-8-10-22-11-9-21/h4-7,12-13H,8-11,14H2,1-3H3. The lowest BCUT2D eigenvalue weighted by atomic mass is 9.96. The fourth-order valence-corrected chi connectivity index (χ4v) is 3.02. The summed E-state index contributed by atoms with van der Waals surface area (Å²) < 4.78 is 5.40. The molecular weight excluding hydrogens is 270 g/mol. The van der Waals surface area contributed by atoms with Gasteiger partial charge in [0, 0.05) is 19.6 Å². The zero-order valence-corrected chi connectivity index (χ0v) is 13.9. The van der Waals surface area contributed by atoms with Gasteiger partial charge in [-0.15, -0.1) is 0 Å². The predicted octanol–water partition coefficient (Wildman–Crippen LogP) is 4.11. The molecule has 0 spiro atoms. The molecule has 0 unspecified atom stereocenters. The van der Waals surface area contributed by atoms with Gasteiger partial charge < -0.3 is 4.74 Å². The number of nitrogens with zero attached hydrogens (tertiary/aromatic N) is 1. The van der Waals surface area contributed by atoms with E-state index in [4.69, 9.17) is 4.74 Å². The fourth-order valence-electron chi connectivity index (χ4n) is 3.02. The Labute approximate surface area is 133 Å². The zero-order chi connectivity index (χ0) is 15.5. The molecule has 1 aliphatic heterocycles. The van der Waals surface area contributed by atoms with Crippen LogP contribution in [0.25, 0.3) is 11.1 Å². The molecule has 0 bridgehead atoms. The van der Waals surface area contributed by atoms with Crippen molar-refractivity contribution in [2.75, 3.05) is 26.3 Å². The highest BCUT2D eigenvalue weighted by molar-refractivity contribution is 5.66. The molecule has 0 atom stereocenters.